The number of aliphatic carboxylic acids is 1. The van der Waals surface area contributed by atoms with Crippen molar-refractivity contribution in [2.75, 3.05) is 0 Å². The summed E-state index contributed by atoms with van der Waals surface area (Å²) >= 11 is 0. The summed E-state index contributed by atoms with van der Waals surface area (Å²) in [7, 11) is 0. The minimum atomic E-state index is -0.532. The normalized spacial score (nSPS) is 38.9. The molecular weight excluding hydrogens is 212 g/mol. The Balaban J connectivity index is 2.08. The van der Waals surface area contributed by atoms with Crippen molar-refractivity contribution in [3.63, 3.8) is 0 Å². The largest absolute Gasteiger partial charge is 0.481 e. The smallest absolute Gasteiger partial charge is 0.306 e. The fourth-order valence-corrected chi connectivity index (χ4v) is 4.29. The van der Waals surface area contributed by atoms with Crippen molar-refractivity contribution in [2.24, 2.45) is 23.7 Å². The van der Waals surface area contributed by atoms with Crippen LogP contribution in [-0.2, 0) is 4.79 Å². The fraction of sp³-hybridized carbons (Fsp3) is 0.933. The lowest BCUT2D eigenvalue weighted by Crippen LogP contribution is -2.37. The molecule has 2 heteroatoms. The highest BCUT2D eigenvalue weighted by molar-refractivity contribution is 5.70. The Morgan fingerprint density at radius 2 is 1.59 bits per heavy atom. The topological polar surface area (TPSA) is 37.3 Å². The van der Waals surface area contributed by atoms with Gasteiger partial charge in [-0.3, -0.25) is 4.79 Å². The van der Waals surface area contributed by atoms with Crippen molar-refractivity contribution >= 4 is 5.97 Å². The van der Waals surface area contributed by atoms with E-state index < -0.39 is 5.97 Å². The van der Waals surface area contributed by atoms with E-state index in [1.807, 2.05) is 0 Å². The van der Waals surface area contributed by atoms with Gasteiger partial charge in [0.15, 0.2) is 0 Å². The molecule has 2 fully saturated rings. The van der Waals surface area contributed by atoms with Crippen LogP contribution in [0.1, 0.15) is 64.7 Å². The van der Waals surface area contributed by atoms with Gasteiger partial charge in [-0.15, -0.1) is 0 Å². The molecule has 2 saturated carbocycles. The molecule has 0 aliphatic heterocycles. The van der Waals surface area contributed by atoms with Gasteiger partial charge in [0.1, 0.15) is 0 Å². The SMILES string of the molecule is CCC1CCCCC1C1CCCCC1C(=O)O. The molecule has 0 heterocycles. The summed E-state index contributed by atoms with van der Waals surface area (Å²) in [6, 6.07) is 0. The molecule has 4 atom stereocenters. The second-order valence-electron chi connectivity index (χ2n) is 6.01. The summed E-state index contributed by atoms with van der Waals surface area (Å²) in [4.78, 5) is 11.4. The highest BCUT2D eigenvalue weighted by Gasteiger charge is 2.39. The van der Waals surface area contributed by atoms with E-state index >= 15 is 0 Å². The molecule has 0 aromatic rings. The summed E-state index contributed by atoms with van der Waals surface area (Å²) < 4.78 is 0. The van der Waals surface area contributed by atoms with Gasteiger partial charge in [0.05, 0.1) is 5.92 Å². The maximum absolute atomic E-state index is 11.4. The van der Waals surface area contributed by atoms with Crippen molar-refractivity contribution in [2.45, 2.75) is 64.7 Å². The summed E-state index contributed by atoms with van der Waals surface area (Å²) in [5.41, 5.74) is 0. The van der Waals surface area contributed by atoms with Gasteiger partial charge < -0.3 is 5.11 Å². The molecule has 0 saturated heterocycles. The van der Waals surface area contributed by atoms with Gasteiger partial charge in [0.25, 0.3) is 0 Å². The molecule has 0 bridgehead atoms. The number of hydrogen-bond acceptors (Lipinski definition) is 1. The van der Waals surface area contributed by atoms with Gasteiger partial charge in [-0.05, 0) is 37.0 Å². The fourth-order valence-electron chi connectivity index (χ4n) is 4.29. The van der Waals surface area contributed by atoms with Gasteiger partial charge >= 0.3 is 5.97 Å². The van der Waals surface area contributed by atoms with Gasteiger partial charge in [0.2, 0.25) is 0 Å². The quantitative estimate of drug-likeness (QED) is 0.804. The van der Waals surface area contributed by atoms with E-state index in [1.165, 1.54) is 38.5 Å². The number of carbonyl (C=O) groups is 1. The molecule has 2 rings (SSSR count). The lowest BCUT2D eigenvalue weighted by Gasteiger charge is -2.41. The minimum Gasteiger partial charge on any atom is -0.481 e. The third-order valence-electron chi connectivity index (χ3n) is 5.18. The first-order chi connectivity index (χ1) is 8.24. The van der Waals surface area contributed by atoms with Crippen molar-refractivity contribution in [1.29, 1.82) is 0 Å². The van der Waals surface area contributed by atoms with Crippen LogP contribution in [0.5, 0.6) is 0 Å². The van der Waals surface area contributed by atoms with Crippen molar-refractivity contribution in [3.05, 3.63) is 0 Å². The minimum absolute atomic E-state index is 0.0408. The van der Waals surface area contributed by atoms with E-state index in [0.29, 0.717) is 11.8 Å². The average molecular weight is 238 g/mol. The van der Waals surface area contributed by atoms with Gasteiger partial charge in [0, 0.05) is 0 Å². The Morgan fingerprint density at radius 1 is 1.00 bits per heavy atom. The van der Waals surface area contributed by atoms with E-state index in [4.69, 9.17) is 0 Å². The van der Waals surface area contributed by atoms with Crippen LogP contribution in [0.2, 0.25) is 0 Å². The first-order valence-electron chi connectivity index (χ1n) is 7.46. The molecule has 1 N–H and O–H groups in total. The van der Waals surface area contributed by atoms with Crippen molar-refractivity contribution in [1.82, 2.24) is 0 Å². The summed E-state index contributed by atoms with van der Waals surface area (Å²) in [5.74, 6) is 1.41. The molecule has 0 radical (unpaired) electrons. The molecule has 0 spiro atoms. The van der Waals surface area contributed by atoms with Gasteiger partial charge in [-0.2, -0.15) is 0 Å². The Bertz CT molecular complexity index is 262. The first-order valence-corrected chi connectivity index (χ1v) is 7.46. The maximum Gasteiger partial charge on any atom is 0.306 e. The van der Waals surface area contributed by atoms with Crippen molar-refractivity contribution in [3.8, 4) is 0 Å². The molecule has 2 aliphatic rings. The second-order valence-corrected chi connectivity index (χ2v) is 6.01. The van der Waals surface area contributed by atoms with Crippen LogP contribution in [-0.4, -0.2) is 11.1 Å². The molecule has 17 heavy (non-hydrogen) atoms. The molecule has 2 nitrogen and oxygen atoms in total. The Kier molecular flexibility index (Phi) is 4.47. The maximum atomic E-state index is 11.4. The Labute approximate surface area is 105 Å². The summed E-state index contributed by atoms with van der Waals surface area (Å²) in [6.45, 7) is 2.28. The Morgan fingerprint density at radius 3 is 2.24 bits per heavy atom. The monoisotopic (exact) mass is 238 g/mol. The highest BCUT2D eigenvalue weighted by atomic mass is 16.4. The van der Waals surface area contributed by atoms with Crippen LogP contribution in [0.4, 0.5) is 0 Å². The first kappa shape index (κ1) is 12.9. The zero-order chi connectivity index (χ0) is 12.3. The molecule has 4 unspecified atom stereocenters. The molecule has 2 aliphatic carbocycles. The van der Waals surface area contributed by atoms with Crippen molar-refractivity contribution < 1.29 is 9.90 Å². The summed E-state index contributed by atoms with van der Waals surface area (Å²) in [6.07, 6.45) is 11.0. The van der Waals surface area contributed by atoms with Gasteiger partial charge in [-0.1, -0.05) is 45.4 Å². The van der Waals surface area contributed by atoms with E-state index in [2.05, 4.69) is 6.92 Å². The summed E-state index contributed by atoms with van der Waals surface area (Å²) in [5, 5.41) is 9.40. The highest BCUT2D eigenvalue weighted by Crippen LogP contribution is 2.45. The van der Waals surface area contributed by atoms with Crippen LogP contribution in [0.25, 0.3) is 0 Å². The van der Waals surface area contributed by atoms with Crippen LogP contribution < -0.4 is 0 Å². The van der Waals surface area contributed by atoms with E-state index in [1.54, 1.807) is 0 Å². The number of carboxylic acid groups (broad SMARTS) is 1. The van der Waals surface area contributed by atoms with Crippen LogP contribution in [0, 0.1) is 23.7 Å². The molecule has 0 amide bonds. The van der Waals surface area contributed by atoms with E-state index in [9.17, 15) is 9.90 Å². The zero-order valence-corrected chi connectivity index (χ0v) is 11.0. The van der Waals surface area contributed by atoms with Crippen LogP contribution in [0.15, 0.2) is 0 Å². The molecular formula is C15H26O2. The number of rotatable bonds is 3. The second kappa shape index (κ2) is 5.88. The van der Waals surface area contributed by atoms with E-state index in [-0.39, 0.29) is 5.92 Å². The number of hydrogen-bond donors (Lipinski definition) is 1. The third kappa shape index (κ3) is 2.83. The van der Waals surface area contributed by atoms with E-state index in [0.717, 1.165) is 25.2 Å². The molecule has 98 valence electrons. The zero-order valence-electron chi connectivity index (χ0n) is 11.0. The Hall–Kier alpha value is -0.530. The van der Waals surface area contributed by atoms with Gasteiger partial charge in [-0.25, -0.2) is 0 Å². The van der Waals surface area contributed by atoms with Crippen LogP contribution >= 0.6 is 0 Å². The van der Waals surface area contributed by atoms with Crippen LogP contribution in [0.3, 0.4) is 0 Å². The predicted molar refractivity (Wildman–Crippen MR) is 68.8 cm³/mol. The number of carboxylic acids is 1. The lowest BCUT2D eigenvalue weighted by atomic mass is 9.63. The third-order valence-corrected chi connectivity index (χ3v) is 5.18. The molecule has 0 aromatic heterocycles. The molecule has 0 aromatic carbocycles. The predicted octanol–water partition coefficient (Wildman–Crippen LogP) is 4.09. The standard InChI is InChI=1S/C15H26O2/c1-2-11-7-3-4-8-12(11)13-9-5-6-10-14(13)15(16)17/h11-14H,2-10H2,1H3,(H,16,17). The lowest BCUT2D eigenvalue weighted by molar-refractivity contribution is -0.146. The average Bonchev–Trinajstić information content (AvgIpc) is 2.38.